The van der Waals surface area contributed by atoms with Crippen LogP contribution in [0.15, 0.2) is 47.1 Å². The molecule has 5 heteroatoms. The Bertz CT molecular complexity index is 1140. The summed E-state index contributed by atoms with van der Waals surface area (Å²) in [6.07, 6.45) is 5.63. The molecular weight excluding hydrogens is 410 g/mol. The van der Waals surface area contributed by atoms with Crippen LogP contribution >= 0.6 is 11.6 Å². The highest BCUT2D eigenvalue weighted by Crippen LogP contribution is 2.40. The first-order chi connectivity index (χ1) is 14.9. The molecular formula is C26H28ClNO3. The van der Waals surface area contributed by atoms with Crippen LogP contribution in [0, 0.1) is 12.8 Å². The molecule has 2 heterocycles. The van der Waals surface area contributed by atoms with E-state index in [2.05, 4.69) is 13.0 Å². The second-order valence-electron chi connectivity index (χ2n) is 8.45. The van der Waals surface area contributed by atoms with E-state index in [1.165, 1.54) is 0 Å². The smallest absolute Gasteiger partial charge is 0.246 e. The van der Waals surface area contributed by atoms with Crippen molar-refractivity contribution < 1.29 is 13.9 Å². The lowest BCUT2D eigenvalue weighted by Gasteiger charge is -2.29. The van der Waals surface area contributed by atoms with Crippen molar-refractivity contribution in [3.05, 3.63) is 58.8 Å². The van der Waals surface area contributed by atoms with Crippen LogP contribution in [0.4, 0.5) is 0 Å². The minimum absolute atomic E-state index is 0.0642. The number of carbonyl (C=O) groups excluding carboxylic acids is 1. The van der Waals surface area contributed by atoms with Crippen LogP contribution in [0.3, 0.4) is 0 Å². The topological polar surface area (TPSA) is 42.7 Å². The van der Waals surface area contributed by atoms with Gasteiger partial charge in [0.15, 0.2) is 0 Å². The van der Waals surface area contributed by atoms with Crippen molar-refractivity contribution in [2.45, 2.75) is 33.6 Å². The van der Waals surface area contributed by atoms with Gasteiger partial charge in [-0.3, -0.25) is 4.79 Å². The van der Waals surface area contributed by atoms with Gasteiger partial charge in [-0.15, -0.1) is 0 Å². The molecule has 1 aliphatic heterocycles. The van der Waals surface area contributed by atoms with Crippen molar-refractivity contribution in [1.29, 1.82) is 0 Å². The number of halogens is 1. The molecule has 0 radical (unpaired) electrons. The fraction of sp³-hybridized carbons (Fsp3) is 0.346. The van der Waals surface area contributed by atoms with E-state index in [0.29, 0.717) is 10.9 Å². The Hall–Kier alpha value is -2.72. The molecule has 1 fully saturated rings. The Morgan fingerprint density at radius 2 is 1.90 bits per heavy atom. The van der Waals surface area contributed by atoms with Crippen molar-refractivity contribution in [3.63, 3.8) is 0 Å². The molecule has 1 amide bonds. The summed E-state index contributed by atoms with van der Waals surface area (Å²) in [5, 5.41) is 1.68. The number of fused-ring (bicyclic) bond motifs is 1. The average Bonchev–Trinajstić information content (AvgIpc) is 3.19. The molecule has 2 aromatic carbocycles. The number of hydrogen-bond donors (Lipinski definition) is 0. The van der Waals surface area contributed by atoms with Crippen molar-refractivity contribution in [3.8, 4) is 16.9 Å². The molecule has 0 aliphatic carbocycles. The number of amides is 1. The van der Waals surface area contributed by atoms with E-state index >= 15 is 0 Å². The number of ether oxygens (including phenoxy) is 1. The van der Waals surface area contributed by atoms with Crippen molar-refractivity contribution in [1.82, 2.24) is 4.90 Å². The lowest BCUT2D eigenvalue weighted by Crippen LogP contribution is -2.36. The van der Waals surface area contributed by atoms with E-state index in [4.69, 9.17) is 20.8 Å². The van der Waals surface area contributed by atoms with Gasteiger partial charge in [0, 0.05) is 46.3 Å². The maximum atomic E-state index is 12.9. The molecule has 1 aromatic heterocycles. The molecule has 3 aromatic rings. The number of piperidine rings is 1. The Labute approximate surface area is 188 Å². The molecule has 31 heavy (non-hydrogen) atoms. The molecule has 0 unspecified atom stereocenters. The summed E-state index contributed by atoms with van der Waals surface area (Å²) in [7, 11) is 1.65. The predicted octanol–water partition coefficient (Wildman–Crippen LogP) is 6.73. The Morgan fingerprint density at radius 1 is 1.23 bits per heavy atom. The molecule has 0 spiro atoms. The first kappa shape index (κ1) is 21.5. The summed E-state index contributed by atoms with van der Waals surface area (Å²) in [4.78, 5) is 14.8. The van der Waals surface area contributed by atoms with Gasteiger partial charge in [-0.1, -0.05) is 30.7 Å². The van der Waals surface area contributed by atoms with E-state index in [1.54, 1.807) is 19.4 Å². The quantitative estimate of drug-likeness (QED) is 0.425. The third-order valence-electron chi connectivity index (χ3n) is 6.26. The number of methoxy groups -OCH3 is 1. The maximum absolute atomic E-state index is 12.9. The minimum atomic E-state index is 0.0642. The highest BCUT2D eigenvalue weighted by molar-refractivity contribution is 6.30. The van der Waals surface area contributed by atoms with Crippen molar-refractivity contribution in [2.75, 3.05) is 20.2 Å². The zero-order valence-corrected chi connectivity index (χ0v) is 19.3. The highest BCUT2D eigenvalue weighted by Gasteiger charge is 2.21. The third kappa shape index (κ3) is 4.22. The van der Waals surface area contributed by atoms with Crippen LogP contribution in [-0.4, -0.2) is 31.0 Å². The monoisotopic (exact) mass is 437 g/mol. The minimum Gasteiger partial charge on any atom is -0.496 e. The van der Waals surface area contributed by atoms with Gasteiger partial charge in [-0.05, 0) is 61.9 Å². The van der Waals surface area contributed by atoms with Gasteiger partial charge in [0.05, 0.1) is 13.4 Å². The lowest BCUT2D eigenvalue weighted by atomic mass is 9.96. The van der Waals surface area contributed by atoms with Gasteiger partial charge in [0.25, 0.3) is 0 Å². The van der Waals surface area contributed by atoms with Crippen molar-refractivity contribution >= 4 is 34.1 Å². The van der Waals surface area contributed by atoms with Crippen LogP contribution < -0.4 is 4.74 Å². The number of benzene rings is 2. The maximum Gasteiger partial charge on any atom is 0.246 e. The first-order valence-corrected chi connectivity index (χ1v) is 11.1. The van der Waals surface area contributed by atoms with E-state index in [0.717, 1.165) is 70.5 Å². The first-order valence-electron chi connectivity index (χ1n) is 10.7. The molecule has 0 N–H and O–H groups in total. The standard InChI is InChI=1S/C26H28ClNO3/c1-16-9-11-28(12-10-16)24(29)13-17(2)21-14-22-23(19-5-7-20(27)8-6-19)15-31-26(22)18(3)25(21)30-4/h5-8,13-16H,9-12H2,1-4H3/b17-13+. The summed E-state index contributed by atoms with van der Waals surface area (Å²) < 4.78 is 11.7. The predicted molar refractivity (Wildman–Crippen MR) is 127 cm³/mol. The normalized spacial score (nSPS) is 15.5. The second-order valence-corrected chi connectivity index (χ2v) is 8.89. The van der Waals surface area contributed by atoms with Crippen molar-refractivity contribution in [2.24, 2.45) is 5.92 Å². The number of hydrogen-bond acceptors (Lipinski definition) is 3. The molecule has 4 nitrogen and oxygen atoms in total. The van der Waals surface area contributed by atoms with E-state index in [1.807, 2.05) is 43.0 Å². The van der Waals surface area contributed by atoms with Crippen LogP contribution in [0.25, 0.3) is 27.7 Å². The Morgan fingerprint density at radius 3 is 2.55 bits per heavy atom. The Balaban J connectivity index is 1.76. The van der Waals surface area contributed by atoms with E-state index in [-0.39, 0.29) is 5.91 Å². The summed E-state index contributed by atoms with van der Waals surface area (Å²) in [6, 6.07) is 9.77. The van der Waals surface area contributed by atoms with E-state index in [9.17, 15) is 4.79 Å². The van der Waals surface area contributed by atoms with Gasteiger partial charge in [0.2, 0.25) is 5.91 Å². The number of aryl methyl sites for hydroxylation is 1. The van der Waals surface area contributed by atoms with E-state index < -0.39 is 0 Å². The summed E-state index contributed by atoms with van der Waals surface area (Å²) >= 11 is 6.06. The average molecular weight is 438 g/mol. The van der Waals surface area contributed by atoms with Gasteiger partial charge in [-0.25, -0.2) is 0 Å². The SMILES string of the molecule is COc1c(/C(C)=C/C(=O)N2CCC(C)CC2)cc2c(-c3ccc(Cl)cc3)coc2c1C. The largest absolute Gasteiger partial charge is 0.496 e. The van der Waals surface area contributed by atoms with Crippen LogP contribution in [0.5, 0.6) is 5.75 Å². The Kier molecular flexibility index (Phi) is 6.10. The summed E-state index contributed by atoms with van der Waals surface area (Å²) in [5.74, 6) is 1.49. The third-order valence-corrected chi connectivity index (χ3v) is 6.52. The molecule has 0 atom stereocenters. The van der Waals surface area contributed by atoms with Gasteiger partial charge < -0.3 is 14.1 Å². The molecule has 1 saturated heterocycles. The number of likely N-dealkylation sites (tertiary alicyclic amines) is 1. The van der Waals surface area contributed by atoms with Gasteiger partial charge in [-0.2, -0.15) is 0 Å². The molecule has 162 valence electrons. The van der Waals surface area contributed by atoms with Gasteiger partial charge >= 0.3 is 0 Å². The number of carbonyl (C=O) groups is 1. The summed E-state index contributed by atoms with van der Waals surface area (Å²) in [5.41, 5.74) is 5.51. The number of nitrogens with zero attached hydrogens (tertiary/aromatic N) is 1. The van der Waals surface area contributed by atoms with Gasteiger partial charge in [0.1, 0.15) is 11.3 Å². The number of rotatable bonds is 4. The zero-order chi connectivity index (χ0) is 22.1. The molecule has 1 aliphatic rings. The number of furan rings is 1. The molecule has 4 rings (SSSR count). The van der Waals surface area contributed by atoms with Crippen LogP contribution in [-0.2, 0) is 4.79 Å². The second kappa shape index (κ2) is 8.80. The number of allylic oxidation sites excluding steroid dienone is 1. The highest BCUT2D eigenvalue weighted by atomic mass is 35.5. The van der Waals surface area contributed by atoms with Crippen LogP contribution in [0.2, 0.25) is 5.02 Å². The fourth-order valence-corrected chi connectivity index (χ4v) is 4.43. The summed E-state index contributed by atoms with van der Waals surface area (Å²) in [6.45, 7) is 7.84. The zero-order valence-electron chi connectivity index (χ0n) is 18.5. The molecule has 0 saturated carbocycles. The molecule has 0 bridgehead atoms. The lowest BCUT2D eigenvalue weighted by molar-refractivity contribution is -0.127. The van der Waals surface area contributed by atoms with Crippen LogP contribution in [0.1, 0.15) is 37.8 Å². The fourth-order valence-electron chi connectivity index (χ4n) is 4.31.